The molecule has 188 valence electrons. The Bertz CT molecular complexity index is 1650. The summed E-state index contributed by atoms with van der Waals surface area (Å²) in [7, 11) is 2.01. The summed E-state index contributed by atoms with van der Waals surface area (Å²) in [6, 6.07) is 18.4. The van der Waals surface area contributed by atoms with E-state index in [9.17, 15) is 4.79 Å². The van der Waals surface area contributed by atoms with Crippen LogP contribution in [0.4, 0.5) is 4.79 Å². The summed E-state index contributed by atoms with van der Waals surface area (Å²) in [5, 5.41) is 10.4. The molecule has 0 saturated carbocycles. The molecule has 3 atom stereocenters. The van der Waals surface area contributed by atoms with Gasteiger partial charge in [0, 0.05) is 43.7 Å². The van der Waals surface area contributed by atoms with E-state index >= 15 is 0 Å². The number of imidazole rings is 1. The first-order valence-electron chi connectivity index (χ1n) is 13.2. The van der Waals surface area contributed by atoms with Crippen molar-refractivity contribution in [1.29, 1.82) is 0 Å². The lowest BCUT2D eigenvalue weighted by atomic mass is 9.82. The van der Waals surface area contributed by atoms with Crippen LogP contribution in [0.3, 0.4) is 0 Å². The minimum absolute atomic E-state index is 0.0204. The molecule has 0 aliphatic carbocycles. The molecule has 5 heterocycles. The number of rotatable bonds is 3. The Morgan fingerprint density at radius 2 is 1.92 bits per heavy atom. The van der Waals surface area contributed by atoms with Crippen LogP contribution < -0.4 is 15.9 Å². The summed E-state index contributed by atoms with van der Waals surface area (Å²) in [6.45, 7) is 5.11. The number of aromatic nitrogens is 4. The maximum atomic E-state index is 13.3. The van der Waals surface area contributed by atoms with Crippen molar-refractivity contribution in [1.82, 2.24) is 29.5 Å². The van der Waals surface area contributed by atoms with Crippen LogP contribution in [0.1, 0.15) is 48.9 Å². The number of carbonyl (C=O) groups is 1. The molecule has 1 N–H and O–H groups in total. The Labute approximate surface area is 215 Å². The van der Waals surface area contributed by atoms with E-state index in [0.717, 1.165) is 66.9 Å². The van der Waals surface area contributed by atoms with Crippen molar-refractivity contribution in [3.63, 3.8) is 0 Å². The molecule has 2 aromatic carbocycles. The van der Waals surface area contributed by atoms with Crippen LogP contribution in [0.5, 0.6) is 0 Å². The van der Waals surface area contributed by atoms with E-state index in [1.807, 2.05) is 43.1 Å². The lowest BCUT2D eigenvalue weighted by molar-refractivity contribution is 0.201. The number of benzene rings is 2. The third-order valence-electron chi connectivity index (χ3n) is 8.49. The quantitative estimate of drug-likeness (QED) is 0.477. The number of likely N-dealkylation sites (tertiary alicyclic amines) is 1. The summed E-state index contributed by atoms with van der Waals surface area (Å²) in [4.78, 5) is 24.8. The monoisotopic (exact) mass is 493 g/mol. The highest BCUT2D eigenvalue weighted by molar-refractivity contribution is 5.77. The van der Waals surface area contributed by atoms with Gasteiger partial charge in [-0.25, -0.2) is 9.78 Å². The summed E-state index contributed by atoms with van der Waals surface area (Å²) < 4.78 is 4.24. The number of nitrogens with zero attached hydrogens (tertiary/aromatic N) is 6. The lowest BCUT2D eigenvalue weighted by Crippen LogP contribution is -2.41. The second-order valence-corrected chi connectivity index (χ2v) is 10.7. The van der Waals surface area contributed by atoms with Crippen LogP contribution in [-0.4, -0.2) is 49.9 Å². The van der Waals surface area contributed by atoms with Crippen LogP contribution >= 0.6 is 0 Å². The van der Waals surface area contributed by atoms with Crippen molar-refractivity contribution in [3.05, 3.63) is 82.4 Å². The number of fused-ring (bicyclic) bond motifs is 4. The standard InChI is InChI=1S/C29H31N7O/c1-19(27-32-23-9-5-6-10-25(23)34(27)2)31-28(37)35-13-11-29(18-35)12-14-36-26(29)16-24(33-36)21-15-20-7-3-4-8-22(20)30-17-21/h3-10,15-16,19,21H,11-14,17-18H2,1-2H3,(H,31,37). The van der Waals surface area contributed by atoms with Crippen LogP contribution in [0.15, 0.2) is 59.6 Å². The van der Waals surface area contributed by atoms with E-state index in [2.05, 4.69) is 51.0 Å². The Kier molecular flexibility index (Phi) is 4.99. The highest BCUT2D eigenvalue weighted by Crippen LogP contribution is 2.43. The van der Waals surface area contributed by atoms with E-state index in [4.69, 9.17) is 15.1 Å². The van der Waals surface area contributed by atoms with Crippen LogP contribution in [-0.2, 0) is 19.0 Å². The summed E-state index contributed by atoms with van der Waals surface area (Å²) in [6.07, 6.45) is 4.29. The van der Waals surface area contributed by atoms with Crippen LogP contribution in [0, 0.1) is 0 Å². The number of carbonyl (C=O) groups excluding carboxylic acids is 1. The number of nitrogens with one attached hydrogen (secondary N) is 1. The number of hydrogen-bond donors (Lipinski definition) is 1. The predicted molar refractivity (Wildman–Crippen MR) is 142 cm³/mol. The van der Waals surface area contributed by atoms with Gasteiger partial charge in [0.25, 0.3) is 0 Å². The van der Waals surface area contributed by atoms with Gasteiger partial charge in [0.2, 0.25) is 0 Å². The third-order valence-corrected chi connectivity index (χ3v) is 8.49. The predicted octanol–water partition coefficient (Wildman–Crippen LogP) is 2.79. The van der Waals surface area contributed by atoms with Gasteiger partial charge in [-0.3, -0.25) is 9.67 Å². The van der Waals surface area contributed by atoms with Crippen molar-refractivity contribution in [2.45, 2.75) is 43.7 Å². The molecule has 1 spiro atoms. The second kappa shape index (κ2) is 8.30. The van der Waals surface area contributed by atoms with Crippen molar-refractivity contribution in [2.24, 2.45) is 12.0 Å². The molecule has 2 amide bonds. The van der Waals surface area contributed by atoms with Crippen molar-refractivity contribution >= 4 is 23.1 Å². The van der Waals surface area contributed by atoms with Gasteiger partial charge in [0.05, 0.1) is 34.7 Å². The molecular weight excluding hydrogens is 462 g/mol. The normalized spacial score (nSPS) is 23.0. The van der Waals surface area contributed by atoms with Gasteiger partial charge in [-0.1, -0.05) is 36.4 Å². The first-order chi connectivity index (χ1) is 18.0. The molecular formula is C29H31N7O. The highest BCUT2D eigenvalue weighted by Gasteiger charge is 2.47. The summed E-state index contributed by atoms with van der Waals surface area (Å²) >= 11 is 0. The third kappa shape index (κ3) is 3.57. The molecule has 3 unspecified atom stereocenters. The van der Waals surface area contributed by atoms with E-state index in [1.54, 1.807) is 0 Å². The minimum atomic E-state index is -0.185. The van der Waals surface area contributed by atoms with Gasteiger partial charge < -0.3 is 14.8 Å². The topological polar surface area (TPSA) is 80.3 Å². The largest absolute Gasteiger partial charge is 0.329 e. The Morgan fingerprint density at radius 1 is 1.11 bits per heavy atom. The first-order valence-corrected chi connectivity index (χ1v) is 13.2. The summed E-state index contributed by atoms with van der Waals surface area (Å²) in [5.74, 6) is 1.06. The fourth-order valence-electron chi connectivity index (χ4n) is 6.43. The molecule has 0 bridgehead atoms. The second-order valence-electron chi connectivity index (χ2n) is 10.7. The SMILES string of the molecule is CC(NC(=O)N1CCC2(CCn3nc(C4C=c5ccccc5=NC4)cc32)C1)c1nc2ccccc2n1C. The molecule has 8 nitrogen and oxygen atoms in total. The molecule has 2 aromatic heterocycles. The average molecular weight is 494 g/mol. The average Bonchev–Trinajstić information content (AvgIpc) is 3.69. The van der Waals surface area contributed by atoms with Crippen molar-refractivity contribution < 1.29 is 4.79 Å². The van der Waals surface area contributed by atoms with Gasteiger partial charge in [-0.05, 0) is 49.2 Å². The van der Waals surface area contributed by atoms with Crippen LogP contribution in [0.2, 0.25) is 0 Å². The van der Waals surface area contributed by atoms with Gasteiger partial charge >= 0.3 is 6.03 Å². The van der Waals surface area contributed by atoms with Gasteiger partial charge in [0.1, 0.15) is 5.82 Å². The lowest BCUT2D eigenvalue weighted by Gasteiger charge is -2.25. The van der Waals surface area contributed by atoms with Crippen LogP contribution in [0.25, 0.3) is 17.1 Å². The molecule has 7 rings (SSSR count). The van der Waals surface area contributed by atoms with Crippen molar-refractivity contribution in [2.75, 3.05) is 19.6 Å². The fourth-order valence-corrected chi connectivity index (χ4v) is 6.43. The zero-order valence-corrected chi connectivity index (χ0v) is 21.3. The number of amides is 2. The van der Waals surface area contributed by atoms with E-state index in [1.165, 1.54) is 10.9 Å². The molecule has 3 aliphatic rings. The zero-order valence-electron chi connectivity index (χ0n) is 21.3. The zero-order chi connectivity index (χ0) is 25.1. The fraction of sp³-hybridized carbons (Fsp3) is 0.379. The Balaban J connectivity index is 1.08. The van der Waals surface area contributed by atoms with E-state index < -0.39 is 0 Å². The van der Waals surface area contributed by atoms with Crippen molar-refractivity contribution in [3.8, 4) is 0 Å². The molecule has 1 saturated heterocycles. The van der Waals surface area contributed by atoms with Gasteiger partial charge in [0.15, 0.2) is 0 Å². The molecule has 3 aliphatic heterocycles. The highest BCUT2D eigenvalue weighted by atomic mass is 16.2. The smallest absolute Gasteiger partial charge is 0.318 e. The maximum absolute atomic E-state index is 13.3. The first kappa shape index (κ1) is 22.3. The Morgan fingerprint density at radius 3 is 2.81 bits per heavy atom. The van der Waals surface area contributed by atoms with Gasteiger partial charge in [-0.15, -0.1) is 0 Å². The summed E-state index contributed by atoms with van der Waals surface area (Å²) in [5.41, 5.74) is 4.36. The molecule has 37 heavy (non-hydrogen) atoms. The Hall–Kier alpha value is -3.94. The van der Waals surface area contributed by atoms with E-state index in [0.29, 0.717) is 0 Å². The minimum Gasteiger partial charge on any atom is -0.329 e. The van der Waals surface area contributed by atoms with Gasteiger partial charge in [-0.2, -0.15) is 5.10 Å². The molecule has 0 radical (unpaired) electrons. The number of para-hydroxylation sites is 3. The number of aryl methyl sites for hydroxylation is 2. The van der Waals surface area contributed by atoms with E-state index in [-0.39, 0.29) is 23.4 Å². The molecule has 8 heteroatoms. The molecule has 1 fully saturated rings. The maximum Gasteiger partial charge on any atom is 0.318 e. The molecule has 4 aromatic rings. The number of urea groups is 1. The number of hydrogen-bond acceptors (Lipinski definition) is 4.